The van der Waals surface area contributed by atoms with Crippen LogP contribution in [0.3, 0.4) is 0 Å². The minimum Gasteiger partial charge on any atom is -0.311 e. The molecule has 3 nitrogen and oxygen atoms in total. The van der Waals surface area contributed by atoms with Crippen molar-refractivity contribution in [1.29, 1.82) is 0 Å². The summed E-state index contributed by atoms with van der Waals surface area (Å²) in [7, 11) is 0. The van der Waals surface area contributed by atoms with Crippen LogP contribution in [0.4, 0.5) is 0 Å². The summed E-state index contributed by atoms with van der Waals surface area (Å²) in [6.45, 7) is 10.7. The van der Waals surface area contributed by atoms with Gasteiger partial charge in [0.15, 0.2) is 0 Å². The van der Waals surface area contributed by atoms with Gasteiger partial charge in [-0.1, -0.05) is 34.6 Å². The molecule has 1 aromatic heterocycles. The fraction of sp³-hybridized carbons (Fsp3) is 0.692. The monoisotopic (exact) mass is 222 g/mol. The number of aromatic amines is 1. The summed E-state index contributed by atoms with van der Waals surface area (Å²) in [6, 6.07) is 1.60. The van der Waals surface area contributed by atoms with E-state index in [2.05, 4.69) is 44.6 Å². The van der Waals surface area contributed by atoms with Crippen LogP contribution in [-0.4, -0.2) is 9.97 Å². The molecule has 90 valence electrons. The third kappa shape index (κ3) is 4.60. The zero-order valence-electron chi connectivity index (χ0n) is 10.9. The number of H-pyrrole nitrogens is 1. The zero-order valence-corrected chi connectivity index (χ0v) is 10.9. The van der Waals surface area contributed by atoms with Crippen molar-refractivity contribution in [2.24, 2.45) is 11.3 Å². The summed E-state index contributed by atoms with van der Waals surface area (Å²) in [5.74, 6) is 1.33. The van der Waals surface area contributed by atoms with Gasteiger partial charge in [0.1, 0.15) is 5.82 Å². The molecule has 1 N–H and O–H groups in total. The minimum absolute atomic E-state index is 0.0371. The molecule has 0 radical (unpaired) electrons. The van der Waals surface area contributed by atoms with Gasteiger partial charge >= 0.3 is 0 Å². The molecule has 0 aromatic carbocycles. The third-order valence-electron chi connectivity index (χ3n) is 2.16. The van der Waals surface area contributed by atoms with Crippen molar-refractivity contribution in [3.8, 4) is 0 Å². The quantitative estimate of drug-likeness (QED) is 0.854. The molecule has 0 unspecified atom stereocenters. The highest BCUT2D eigenvalue weighted by Crippen LogP contribution is 2.17. The maximum atomic E-state index is 11.5. The number of aromatic nitrogens is 2. The van der Waals surface area contributed by atoms with Gasteiger partial charge in [0.25, 0.3) is 5.56 Å². The normalized spacial score (nSPS) is 12.1. The van der Waals surface area contributed by atoms with Crippen LogP contribution in [-0.2, 0) is 12.8 Å². The molecule has 0 aliphatic carbocycles. The van der Waals surface area contributed by atoms with Gasteiger partial charge in [-0.2, -0.15) is 0 Å². The maximum Gasteiger partial charge on any atom is 0.251 e. The van der Waals surface area contributed by atoms with Crippen molar-refractivity contribution in [2.45, 2.75) is 47.5 Å². The van der Waals surface area contributed by atoms with E-state index in [0.717, 1.165) is 24.4 Å². The van der Waals surface area contributed by atoms with E-state index in [1.807, 2.05) is 0 Å². The van der Waals surface area contributed by atoms with Crippen LogP contribution in [0.15, 0.2) is 10.9 Å². The van der Waals surface area contributed by atoms with Gasteiger partial charge in [-0.05, 0) is 17.8 Å². The SMILES string of the molecule is CC(C)Cc1cc(=O)[nH]c(CC(C)(C)C)n1. The standard InChI is InChI=1S/C13H22N2O/c1-9(2)6-10-7-12(16)15-11(14-10)8-13(3,4)5/h7,9H,6,8H2,1-5H3,(H,14,15,16). The van der Waals surface area contributed by atoms with Gasteiger partial charge in [-0.3, -0.25) is 4.79 Å². The van der Waals surface area contributed by atoms with Crippen molar-refractivity contribution in [3.05, 3.63) is 27.9 Å². The Labute approximate surface area is 97.3 Å². The Morgan fingerprint density at radius 3 is 2.50 bits per heavy atom. The lowest BCUT2D eigenvalue weighted by Crippen LogP contribution is -2.19. The summed E-state index contributed by atoms with van der Waals surface area (Å²) in [5.41, 5.74) is 1.01. The molecule has 3 heteroatoms. The molecule has 0 atom stereocenters. The zero-order chi connectivity index (χ0) is 12.3. The Kier molecular flexibility index (Phi) is 3.89. The first kappa shape index (κ1) is 12.9. The number of rotatable bonds is 3. The van der Waals surface area contributed by atoms with Crippen LogP contribution >= 0.6 is 0 Å². The highest BCUT2D eigenvalue weighted by atomic mass is 16.1. The molecule has 1 heterocycles. The summed E-state index contributed by atoms with van der Waals surface area (Å²) in [4.78, 5) is 18.8. The average molecular weight is 222 g/mol. The molecule has 16 heavy (non-hydrogen) atoms. The van der Waals surface area contributed by atoms with E-state index in [4.69, 9.17) is 0 Å². The Morgan fingerprint density at radius 1 is 1.38 bits per heavy atom. The van der Waals surface area contributed by atoms with E-state index in [-0.39, 0.29) is 11.0 Å². The van der Waals surface area contributed by atoms with Gasteiger partial charge in [0.2, 0.25) is 0 Å². The van der Waals surface area contributed by atoms with Crippen molar-refractivity contribution in [2.75, 3.05) is 0 Å². The second kappa shape index (κ2) is 4.81. The number of hydrogen-bond donors (Lipinski definition) is 1. The Hall–Kier alpha value is -1.12. The average Bonchev–Trinajstić information content (AvgIpc) is 1.96. The molecule has 1 aromatic rings. The lowest BCUT2D eigenvalue weighted by atomic mass is 9.92. The molecule has 0 saturated heterocycles. The molecular weight excluding hydrogens is 200 g/mol. The summed E-state index contributed by atoms with van der Waals surface area (Å²) in [5, 5.41) is 0. The van der Waals surface area contributed by atoms with Crippen LogP contribution in [0.25, 0.3) is 0 Å². The smallest absolute Gasteiger partial charge is 0.251 e. The molecule has 0 saturated carbocycles. The molecule has 1 rings (SSSR count). The molecule has 0 spiro atoms. The molecule has 0 fully saturated rings. The van der Waals surface area contributed by atoms with Crippen LogP contribution in [0.5, 0.6) is 0 Å². The van der Waals surface area contributed by atoms with Crippen LogP contribution in [0.1, 0.15) is 46.1 Å². The topological polar surface area (TPSA) is 45.8 Å². The molecule has 0 bridgehead atoms. The van der Waals surface area contributed by atoms with Crippen molar-refractivity contribution in [1.82, 2.24) is 9.97 Å². The van der Waals surface area contributed by atoms with Gasteiger partial charge in [-0.25, -0.2) is 4.98 Å². The maximum absolute atomic E-state index is 11.5. The van der Waals surface area contributed by atoms with E-state index in [9.17, 15) is 4.79 Å². The van der Waals surface area contributed by atoms with E-state index >= 15 is 0 Å². The van der Waals surface area contributed by atoms with E-state index < -0.39 is 0 Å². The van der Waals surface area contributed by atoms with Crippen LogP contribution in [0, 0.1) is 11.3 Å². The first-order valence-corrected chi connectivity index (χ1v) is 5.85. The largest absolute Gasteiger partial charge is 0.311 e. The second-order valence-electron chi connectivity index (χ2n) is 6.02. The van der Waals surface area contributed by atoms with Gasteiger partial charge < -0.3 is 4.98 Å². The van der Waals surface area contributed by atoms with Crippen molar-refractivity contribution < 1.29 is 0 Å². The highest BCUT2D eigenvalue weighted by molar-refractivity contribution is 5.04. The Morgan fingerprint density at radius 2 is 2.00 bits per heavy atom. The number of nitrogens with one attached hydrogen (secondary N) is 1. The molecule has 0 aliphatic heterocycles. The predicted octanol–water partition coefficient (Wildman–Crippen LogP) is 2.56. The van der Waals surface area contributed by atoms with Crippen LogP contribution < -0.4 is 5.56 Å². The number of nitrogens with zero attached hydrogens (tertiary/aromatic N) is 1. The summed E-state index contributed by atoms with van der Waals surface area (Å²) >= 11 is 0. The predicted molar refractivity (Wildman–Crippen MR) is 66.6 cm³/mol. The molecule has 0 aliphatic rings. The lowest BCUT2D eigenvalue weighted by Gasteiger charge is -2.17. The second-order valence-corrected chi connectivity index (χ2v) is 6.02. The van der Waals surface area contributed by atoms with Gasteiger partial charge in [-0.15, -0.1) is 0 Å². The molecular formula is C13H22N2O. The minimum atomic E-state index is -0.0371. The molecule has 0 amide bonds. The summed E-state index contributed by atoms with van der Waals surface area (Å²) in [6.07, 6.45) is 1.66. The van der Waals surface area contributed by atoms with Crippen LogP contribution in [0.2, 0.25) is 0 Å². The fourth-order valence-electron chi connectivity index (χ4n) is 1.67. The number of hydrogen-bond acceptors (Lipinski definition) is 2. The summed E-state index contributed by atoms with van der Waals surface area (Å²) < 4.78 is 0. The van der Waals surface area contributed by atoms with Gasteiger partial charge in [0, 0.05) is 18.2 Å². The lowest BCUT2D eigenvalue weighted by molar-refractivity contribution is 0.399. The Bertz CT molecular complexity index is 399. The van der Waals surface area contributed by atoms with Crippen molar-refractivity contribution >= 4 is 0 Å². The van der Waals surface area contributed by atoms with Gasteiger partial charge in [0.05, 0.1) is 0 Å². The van der Waals surface area contributed by atoms with E-state index in [1.54, 1.807) is 6.07 Å². The van der Waals surface area contributed by atoms with E-state index in [0.29, 0.717) is 5.92 Å². The first-order valence-electron chi connectivity index (χ1n) is 5.85. The van der Waals surface area contributed by atoms with Crippen molar-refractivity contribution in [3.63, 3.8) is 0 Å². The first-order chi connectivity index (χ1) is 7.26. The fourth-order valence-corrected chi connectivity index (χ4v) is 1.67. The Balaban J connectivity index is 2.94. The third-order valence-corrected chi connectivity index (χ3v) is 2.16. The van der Waals surface area contributed by atoms with E-state index in [1.165, 1.54) is 0 Å². The highest BCUT2D eigenvalue weighted by Gasteiger charge is 2.13.